The Labute approximate surface area is 294 Å². The number of benzene rings is 1. The molecule has 0 spiro atoms. The predicted octanol–water partition coefficient (Wildman–Crippen LogP) is 7.78. The maximum absolute atomic E-state index is 14.9. The van der Waals surface area contributed by atoms with Crippen LogP contribution in [0.5, 0.6) is 5.75 Å². The number of likely N-dealkylation sites (tertiary alicyclic amines) is 2. The van der Waals surface area contributed by atoms with Crippen LogP contribution in [-0.4, -0.2) is 69.0 Å². The molecule has 3 aromatic rings. The molecule has 13 heteroatoms. The first kappa shape index (κ1) is 38.4. The van der Waals surface area contributed by atoms with Crippen molar-refractivity contribution in [3.05, 3.63) is 92.7 Å². The van der Waals surface area contributed by atoms with Gasteiger partial charge in [0.1, 0.15) is 11.4 Å². The van der Waals surface area contributed by atoms with Gasteiger partial charge in [0.25, 0.3) is 17.4 Å². The number of carbonyl (C=O) groups excluding carboxylic acids is 2. The topological polar surface area (TPSA) is 104 Å². The third-order valence-corrected chi connectivity index (χ3v) is 10.4. The lowest BCUT2D eigenvalue weighted by Gasteiger charge is -2.50. The second kappa shape index (κ2) is 15.6. The van der Waals surface area contributed by atoms with E-state index in [1.54, 1.807) is 16.3 Å². The number of alkyl halides is 3. The molecule has 2 atom stereocenters. The first-order chi connectivity index (χ1) is 23.3. The first-order valence-electron chi connectivity index (χ1n) is 16.4. The monoisotopic (exact) mass is 712 g/mol. The van der Waals surface area contributed by atoms with E-state index in [0.717, 1.165) is 34.3 Å². The van der Waals surface area contributed by atoms with Crippen molar-refractivity contribution in [3.63, 3.8) is 0 Å². The van der Waals surface area contributed by atoms with Gasteiger partial charge in [0.2, 0.25) is 5.60 Å². The molecule has 0 bridgehead atoms. The number of aryl methyl sites for hydroxylation is 2. The fraction of sp³-hybridized carbons (Fsp3) is 0.486. The second-order valence-electron chi connectivity index (χ2n) is 12.7. The number of hydrogen-bond donors (Lipinski definition) is 1. The quantitative estimate of drug-likeness (QED) is 0.215. The number of nitrogens with zero attached hydrogens (tertiary/aromatic N) is 4. The molecule has 4 heterocycles. The molecule has 268 valence electrons. The molecule has 9 nitrogen and oxygen atoms in total. The van der Waals surface area contributed by atoms with Gasteiger partial charge in [0.05, 0.1) is 11.6 Å². The summed E-state index contributed by atoms with van der Waals surface area (Å²) in [7, 11) is 0. The lowest BCUT2D eigenvalue weighted by atomic mass is 9.76. The first-order valence-corrected chi connectivity index (χ1v) is 17.3. The summed E-state index contributed by atoms with van der Waals surface area (Å²) in [6.07, 6.45) is -1.48. The molecular formula is C37H43F3N4O5S. The summed E-state index contributed by atoms with van der Waals surface area (Å²) in [4.78, 5) is 52.1. The molecular weight excluding hydrogens is 669 g/mol. The summed E-state index contributed by atoms with van der Waals surface area (Å²) >= 11 is 1.43. The largest absolute Gasteiger partial charge is 0.481 e. The van der Waals surface area contributed by atoms with Gasteiger partial charge < -0.3 is 24.5 Å². The van der Waals surface area contributed by atoms with Crippen molar-refractivity contribution in [1.82, 2.24) is 14.8 Å². The van der Waals surface area contributed by atoms with Crippen molar-refractivity contribution >= 4 is 29.1 Å². The molecule has 0 radical (unpaired) electrons. The highest BCUT2D eigenvalue weighted by molar-refractivity contribution is 7.10. The van der Waals surface area contributed by atoms with Gasteiger partial charge in [-0.15, -0.1) is 11.3 Å². The van der Waals surface area contributed by atoms with E-state index in [-0.39, 0.29) is 52.2 Å². The number of thiophene rings is 1. The number of halogens is 3. The molecule has 2 fully saturated rings. The minimum atomic E-state index is -4.80. The zero-order valence-electron chi connectivity index (χ0n) is 27.5. The number of piperidine rings is 2. The molecule has 2 saturated heterocycles. The maximum atomic E-state index is 14.9. The number of amides is 2. The number of carboxylic acid groups (broad SMARTS) is 1. The van der Waals surface area contributed by atoms with Crippen LogP contribution in [0.3, 0.4) is 0 Å². The van der Waals surface area contributed by atoms with E-state index < -0.39 is 46.5 Å². The predicted molar refractivity (Wildman–Crippen MR) is 184 cm³/mol. The van der Waals surface area contributed by atoms with E-state index in [1.807, 2.05) is 38.1 Å². The number of ether oxygens (including phenoxy) is 1. The zero-order valence-corrected chi connectivity index (χ0v) is 28.3. The van der Waals surface area contributed by atoms with Crippen molar-refractivity contribution < 1.29 is 37.4 Å². The van der Waals surface area contributed by atoms with E-state index in [9.17, 15) is 32.7 Å². The Morgan fingerprint density at radius 3 is 2.46 bits per heavy atom. The number of aliphatic carboxylic acids is 1. The van der Waals surface area contributed by atoms with Crippen LogP contribution < -0.4 is 4.74 Å². The van der Waals surface area contributed by atoms with Gasteiger partial charge in [-0.25, -0.2) is 6.57 Å². The summed E-state index contributed by atoms with van der Waals surface area (Å²) in [6.45, 7) is 12.5. The number of carbonyl (C=O) groups is 3. The van der Waals surface area contributed by atoms with Crippen LogP contribution in [0.2, 0.25) is 0 Å². The maximum Gasteiger partial charge on any atom is 0.418 e. The standard InChI is InChI=1S/C36H39F3N4O5S.CH4/c1-4-9-29-35(48-26-22-24(2)49-23-26,15-8-19-43(29)32(46)31-28(36(37,38)39)12-7-18-41-31)33(47)42-20-16-34(40-3,17-21-42)27-11-6-5-10-25(27)13-14-30(44)45;/h5-7,10-12,18,22-23,29H,4,8-9,13-17,19-21H2,1-2H3,(H,44,45);1H4/t29-,35+;/m1./s1. The molecule has 5 rings (SSSR count). The second-order valence-corrected chi connectivity index (χ2v) is 13.8. The zero-order chi connectivity index (χ0) is 35.4. The van der Waals surface area contributed by atoms with Crippen LogP contribution in [0.25, 0.3) is 4.85 Å². The number of aromatic nitrogens is 1. The molecule has 2 aromatic heterocycles. The minimum absolute atomic E-state index is 0. The van der Waals surface area contributed by atoms with Gasteiger partial charge in [0.15, 0.2) is 0 Å². The Morgan fingerprint density at radius 1 is 1.12 bits per heavy atom. The normalized spacial score (nSPS) is 20.4. The number of hydrogen-bond acceptors (Lipinski definition) is 6. The van der Waals surface area contributed by atoms with Gasteiger partial charge in [-0.3, -0.25) is 19.4 Å². The summed E-state index contributed by atoms with van der Waals surface area (Å²) in [6, 6.07) is 10.2. The highest BCUT2D eigenvalue weighted by Gasteiger charge is 2.57. The van der Waals surface area contributed by atoms with Gasteiger partial charge in [-0.2, -0.15) is 13.2 Å². The van der Waals surface area contributed by atoms with Crippen LogP contribution >= 0.6 is 11.3 Å². The molecule has 1 aromatic carbocycles. The molecule has 2 aliphatic heterocycles. The summed E-state index contributed by atoms with van der Waals surface area (Å²) in [5, 5.41) is 11.1. The Kier molecular flexibility index (Phi) is 12.0. The highest BCUT2D eigenvalue weighted by Crippen LogP contribution is 2.43. The summed E-state index contributed by atoms with van der Waals surface area (Å²) < 4.78 is 48.7. The van der Waals surface area contributed by atoms with Crippen LogP contribution in [0.4, 0.5) is 13.2 Å². The van der Waals surface area contributed by atoms with Gasteiger partial charge in [0, 0.05) is 67.3 Å². The molecule has 50 heavy (non-hydrogen) atoms. The minimum Gasteiger partial charge on any atom is -0.481 e. The van der Waals surface area contributed by atoms with Gasteiger partial charge in [-0.05, 0) is 49.9 Å². The highest BCUT2D eigenvalue weighted by atomic mass is 32.1. The summed E-state index contributed by atoms with van der Waals surface area (Å²) in [5.74, 6) is -1.77. The lowest BCUT2D eigenvalue weighted by Crippen LogP contribution is -2.68. The van der Waals surface area contributed by atoms with Gasteiger partial charge >= 0.3 is 12.1 Å². The third kappa shape index (κ3) is 7.65. The summed E-state index contributed by atoms with van der Waals surface area (Å²) in [5.41, 5.74) is -2.87. The van der Waals surface area contributed by atoms with Crippen molar-refractivity contribution in [2.45, 2.75) is 96.0 Å². The van der Waals surface area contributed by atoms with E-state index in [0.29, 0.717) is 37.9 Å². The van der Waals surface area contributed by atoms with Crippen molar-refractivity contribution in [2.24, 2.45) is 0 Å². The molecule has 1 N–H and O–H groups in total. The fourth-order valence-electron chi connectivity index (χ4n) is 7.25. The molecule has 2 amide bonds. The Balaban J connectivity index is 0.00000562. The van der Waals surface area contributed by atoms with E-state index in [4.69, 9.17) is 11.3 Å². The molecule has 0 saturated carbocycles. The fourth-order valence-corrected chi connectivity index (χ4v) is 7.85. The van der Waals surface area contributed by atoms with Crippen LogP contribution in [0, 0.1) is 13.5 Å². The van der Waals surface area contributed by atoms with E-state index >= 15 is 0 Å². The number of carboxylic acids is 1. The van der Waals surface area contributed by atoms with Crippen LogP contribution in [0.1, 0.15) is 91.4 Å². The average Bonchev–Trinajstić information content (AvgIpc) is 3.51. The van der Waals surface area contributed by atoms with E-state index in [1.165, 1.54) is 16.2 Å². The van der Waals surface area contributed by atoms with Crippen molar-refractivity contribution in [2.75, 3.05) is 19.6 Å². The number of pyridine rings is 1. The Hall–Kier alpha value is -4.44. The molecule has 2 aliphatic rings. The van der Waals surface area contributed by atoms with Crippen LogP contribution in [-0.2, 0) is 27.7 Å². The molecule has 0 aliphatic carbocycles. The SMILES string of the molecule is C.[C-]#[N+]C1(c2ccccc2CCC(=O)O)CCN(C(=O)[C@]2(Oc3csc(C)c3)CCCN(C(=O)c3ncccc3C(F)(F)F)[C@@H]2CCC)CC1. The van der Waals surface area contributed by atoms with Crippen molar-refractivity contribution in [3.8, 4) is 5.75 Å². The van der Waals surface area contributed by atoms with Crippen molar-refractivity contribution in [1.29, 1.82) is 0 Å². The lowest BCUT2D eigenvalue weighted by molar-refractivity contribution is -0.160. The third-order valence-electron chi connectivity index (χ3n) is 9.59. The number of rotatable bonds is 10. The van der Waals surface area contributed by atoms with Gasteiger partial charge in [-0.1, -0.05) is 45.0 Å². The average molecular weight is 713 g/mol. The van der Waals surface area contributed by atoms with Crippen LogP contribution in [0.15, 0.2) is 54.0 Å². The Bertz CT molecular complexity index is 1730. The smallest absolute Gasteiger partial charge is 0.418 e. The van der Waals surface area contributed by atoms with E-state index in [2.05, 4.69) is 9.83 Å². The Morgan fingerprint density at radius 2 is 1.84 bits per heavy atom. The molecule has 0 unspecified atom stereocenters.